The summed E-state index contributed by atoms with van der Waals surface area (Å²) in [5.41, 5.74) is 4.04. The van der Waals surface area contributed by atoms with Gasteiger partial charge >= 0.3 is 0 Å². The molecule has 4 rings (SSSR count). The van der Waals surface area contributed by atoms with Crippen LogP contribution in [0.25, 0.3) is 0 Å². The van der Waals surface area contributed by atoms with Crippen LogP contribution in [0, 0.1) is 0 Å². The summed E-state index contributed by atoms with van der Waals surface area (Å²) in [6, 6.07) is 25.2. The Kier molecular flexibility index (Phi) is 5.23. The Morgan fingerprint density at radius 1 is 0.852 bits per heavy atom. The lowest BCUT2D eigenvalue weighted by molar-refractivity contribution is 0.592. The molecule has 0 radical (unpaired) electrons. The molecule has 0 aliphatic carbocycles. The van der Waals surface area contributed by atoms with E-state index in [0.717, 1.165) is 34.7 Å². The summed E-state index contributed by atoms with van der Waals surface area (Å²) in [4.78, 5) is 0.359. The third-order valence-electron chi connectivity index (χ3n) is 4.69. The summed E-state index contributed by atoms with van der Waals surface area (Å²) in [7, 11) is -3.59. The van der Waals surface area contributed by atoms with Crippen molar-refractivity contribution in [3.05, 3.63) is 95.6 Å². The molecule has 0 bridgehead atoms. The fraction of sp³-hybridized carbons (Fsp3) is 0.182. The van der Waals surface area contributed by atoms with Crippen molar-refractivity contribution in [2.45, 2.75) is 17.1 Å². The van der Waals surface area contributed by atoms with Gasteiger partial charge in [-0.2, -0.15) is 11.8 Å². The number of fused-ring (bicyclic) bond motifs is 1. The average Bonchev–Trinajstić information content (AvgIpc) is 2.92. The number of para-hydroxylation sites is 1. The minimum atomic E-state index is -3.59. The van der Waals surface area contributed by atoms with Crippen molar-refractivity contribution in [3.63, 3.8) is 0 Å². The van der Waals surface area contributed by atoms with Crippen LogP contribution in [-0.2, 0) is 22.2 Å². The quantitative estimate of drug-likeness (QED) is 0.641. The van der Waals surface area contributed by atoms with Crippen molar-refractivity contribution >= 4 is 27.5 Å². The monoisotopic (exact) mass is 395 g/mol. The van der Waals surface area contributed by atoms with Gasteiger partial charge in [0.25, 0.3) is 10.0 Å². The smallest absolute Gasteiger partial charge is 0.264 e. The first kappa shape index (κ1) is 18.1. The summed E-state index contributed by atoms with van der Waals surface area (Å²) < 4.78 is 28.4. The minimum absolute atomic E-state index is 0.359. The van der Waals surface area contributed by atoms with Gasteiger partial charge in [0.15, 0.2) is 0 Å². The standard InChI is InChI=1S/C22H21NO2S2/c24-27(25,23-13-14-26-17-20-10-4-5-12-22(20)23)21-11-6-9-19(16-21)15-18-7-2-1-3-8-18/h1-12,16H,13-15,17H2. The number of rotatable bonds is 4. The summed E-state index contributed by atoms with van der Waals surface area (Å²) in [6.45, 7) is 0.493. The molecule has 0 amide bonds. The fourth-order valence-corrected chi connectivity index (χ4v) is 5.96. The van der Waals surface area contributed by atoms with Gasteiger partial charge in [-0.05, 0) is 41.3 Å². The predicted molar refractivity (Wildman–Crippen MR) is 113 cm³/mol. The highest BCUT2D eigenvalue weighted by molar-refractivity contribution is 7.98. The van der Waals surface area contributed by atoms with Crippen LogP contribution in [0.3, 0.4) is 0 Å². The first-order chi connectivity index (χ1) is 13.1. The van der Waals surface area contributed by atoms with Crippen LogP contribution in [0.2, 0.25) is 0 Å². The lowest BCUT2D eigenvalue weighted by Crippen LogP contribution is -2.33. The summed E-state index contributed by atoms with van der Waals surface area (Å²) >= 11 is 1.77. The van der Waals surface area contributed by atoms with E-state index in [4.69, 9.17) is 0 Å². The first-order valence-electron chi connectivity index (χ1n) is 8.96. The molecule has 0 fully saturated rings. The Balaban J connectivity index is 1.69. The molecule has 3 nitrogen and oxygen atoms in total. The van der Waals surface area contributed by atoms with E-state index in [2.05, 4.69) is 12.1 Å². The molecule has 138 valence electrons. The van der Waals surface area contributed by atoms with Gasteiger partial charge in [-0.1, -0.05) is 60.7 Å². The number of hydrogen-bond acceptors (Lipinski definition) is 3. The van der Waals surface area contributed by atoms with Crippen LogP contribution in [0.1, 0.15) is 16.7 Å². The van der Waals surface area contributed by atoms with Gasteiger partial charge in [-0.15, -0.1) is 0 Å². The predicted octanol–water partition coefficient (Wildman–Crippen LogP) is 4.72. The molecule has 1 aliphatic heterocycles. The van der Waals surface area contributed by atoms with E-state index < -0.39 is 10.0 Å². The van der Waals surface area contributed by atoms with Crippen LogP contribution in [0.5, 0.6) is 0 Å². The van der Waals surface area contributed by atoms with Crippen LogP contribution in [0.4, 0.5) is 5.69 Å². The maximum Gasteiger partial charge on any atom is 0.264 e. The Bertz CT molecular complexity index is 1030. The van der Waals surface area contributed by atoms with E-state index in [1.165, 1.54) is 5.56 Å². The van der Waals surface area contributed by atoms with Crippen molar-refractivity contribution in [2.24, 2.45) is 0 Å². The maximum atomic E-state index is 13.4. The number of thioether (sulfide) groups is 1. The highest BCUT2D eigenvalue weighted by atomic mass is 32.2. The van der Waals surface area contributed by atoms with E-state index in [1.54, 1.807) is 22.1 Å². The molecule has 1 heterocycles. The summed E-state index contributed by atoms with van der Waals surface area (Å²) in [5.74, 6) is 1.63. The number of nitrogens with zero attached hydrogens (tertiary/aromatic N) is 1. The van der Waals surface area contributed by atoms with Crippen molar-refractivity contribution in [2.75, 3.05) is 16.6 Å². The second kappa shape index (κ2) is 7.79. The average molecular weight is 396 g/mol. The van der Waals surface area contributed by atoms with Gasteiger partial charge in [0.1, 0.15) is 0 Å². The Morgan fingerprint density at radius 3 is 2.44 bits per heavy atom. The topological polar surface area (TPSA) is 37.4 Å². The Hall–Kier alpha value is -2.24. The van der Waals surface area contributed by atoms with Crippen molar-refractivity contribution in [3.8, 4) is 0 Å². The SMILES string of the molecule is O=S(=O)(c1cccc(Cc2ccccc2)c1)N1CCSCc2ccccc21. The van der Waals surface area contributed by atoms with Gasteiger partial charge in [0.2, 0.25) is 0 Å². The van der Waals surface area contributed by atoms with Crippen LogP contribution < -0.4 is 4.31 Å². The van der Waals surface area contributed by atoms with Crippen LogP contribution >= 0.6 is 11.8 Å². The fourth-order valence-electron chi connectivity index (χ4n) is 3.35. The zero-order valence-electron chi connectivity index (χ0n) is 14.9. The third-order valence-corrected chi connectivity index (χ3v) is 7.49. The molecule has 0 saturated heterocycles. The molecule has 1 aliphatic rings. The molecule has 5 heteroatoms. The molecule has 0 saturated carbocycles. The second-order valence-electron chi connectivity index (χ2n) is 6.57. The molecule has 3 aromatic carbocycles. The second-order valence-corrected chi connectivity index (χ2v) is 9.54. The number of sulfonamides is 1. The van der Waals surface area contributed by atoms with E-state index >= 15 is 0 Å². The van der Waals surface area contributed by atoms with Crippen molar-refractivity contribution < 1.29 is 8.42 Å². The molecule has 27 heavy (non-hydrogen) atoms. The summed E-state index contributed by atoms with van der Waals surface area (Å²) in [5, 5.41) is 0. The van der Waals surface area contributed by atoms with Crippen molar-refractivity contribution in [1.29, 1.82) is 0 Å². The number of benzene rings is 3. The van der Waals surface area contributed by atoms with E-state index in [1.807, 2.05) is 60.7 Å². The first-order valence-corrected chi connectivity index (χ1v) is 11.6. The summed E-state index contributed by atoms with van der Waals surface area (Å²) in [6.07, 6.45) is 0.719. The van der Waals surface area contributed by atoms with Crippen LogP contribution in [-0.4, -0.2) is 20.7 Å². The lowest BCUT2D eigenvalue weighted by Gasteiger charge is -2.24. The zero-order chi connectivity index (χ0) is 18.7. The minimum Gasteiger partial charge on any atom is -0.265 e. The molecule has 0 N–H and O–H groups in total. The molecule has 3 aromatic rings. The molecular weight excluding hydrogens is 374 g/mol. The molecule has 0 aromatic heterocycles. The molecule has 0 atom stereocenters. The molecular formula is C22H21NO2S2. The zero-order valence-corrected chi connectivity index (χ0v) is 16.5. The maximum absolute atomic E-state index is 13.4. The largest absolute Gasteiger partial charge is 0.265 e. The van der Waals surface area contributed by atoms with Crippen LogP contribution in [0.15, 0.2) is 83.8 Å². The Morgan fingerprint density at radius 2 is 1.59 bits per heavy atom. The van der Waals surface area contributed by atoms with E-state index in [-0.39, 0.29) is 0 Å². The highest BCUT2D eigenvalue weighted by Gasteiger charge is 2.28. The van der Waals surface area contributed by atoms with E-state index in [0.29, 0.717) is 11.4 Å². The lowest BCUT2D eigenvalue weighted by atomic mass is 10.1. The van der Waals surface area contributed by atoms with E-state index in [9.17, 15) is 8.42 Å². The molecule has 0 unspecified atom stereocenters. The van der Waals surface area contributed by atoms with Gasteiger partial charge < -0.3 is 0 Å². The Labute approximate surface area is 165 Å². The molecule has 0 spiro atoms. The number of hydrogen-bond donors (Lipinski definition) is 0. The van der Waals surface area contributed by atoms with Gasteiger partial charge in [0, 0.05) is 18.1 Å². The third kappa shape index (κ3) is 3.89. The highest BCUT2D eigenvalue weighted by Crippen LogP contribution is 2.32. The van der Waals surface area contributed by atoms with Gasteiger partial charge in [-0.25, -0.2) is 8.42 Å². The van der Waals surface area contributed by atoms with Gasteiger partial charge in [0.05, 0.1) is 10.6 Å². The number of anilines is 1. The van der Waals surface area contributed by atoms with Gasteiger partial charge in [-0.3, -0.25) is 4.31 Å². The normalized spacial score (nSPS) is 14.4. The van der Waals surface area contributed by atoms with Crippen molar-refractivity contribution in [1.82, 2.24) is 0 Å².